The van der Waals surface area contributed by atoms with Crippen LogP contribution in [0.15, 0.2) is 65.6 Å². The summed E-state index contributed by atoms with van der Waals surface area (Å²) in [4.78, 5) is 28.5. The molecule has 0 saturated heterocycles. The second-order valence-electron chi connectivity index (χ2n) is 8.74. The number of fused-ring (bicyclic) bond motifs is 1. The number of amides is 1. The van der Waals surface area contributed by atoms with E-state index in [2.05, 4.69) is 20.5 Å². The van der Waals surface area contributed by atoms with Crippen LogP contribution in [0.2, 0.25) is 0 Å². The molecular weight excluding hydrogens is 440 g/mol. The van der Waals surface area contributed by atoms with Gasteiger partial charge in [0.1, 0.15) is 5.52 Å². The minimum atomic E-state index is -0.303. The summed E-state index contributed by atoms with van der Waals surface area (Å²) in [7, 11) is 0. The van der Waals surface area contributed by atoms with Gasteiger partial charge in [-0.3, -0.25) is 9.59 Å². The third-order valence-corrected chi connectivity index (χ3v) is 6.38. The maximum absolute atomic E-state index is 12.9. The van der Waals surface area contributed by atoms with Crippen LogP contribution in [0.5, 0.6) is 0 Å². The summed E-state index contributed by atoms with van der Waals surface area (Å²) in [5.41, 5.74) is 7.20. The summed E-state index contributed by atoms with van der Waals surface area (Å²) >= 11 is 0. The lowest BCUT2D eigenvalue weighted by molar-refractivity contribution is 0.0951. The van der Waals surface area contributed by atoms with Gasteiger partial charge in [0.25, 0.3) is 11.5 Å². The van der Waals surface area contributed by atoms with Crippen molar-refractivity contribution in [2.75, 3.05) is 0 Å². The summed E-state index contributed by atoms with van der Waals surface area (Å²) in [5.74, 6) is 0.168. The van der Waals surface area contributed by atoms with Crippen molar-refractivity contribution in [3.8, 4) is 17.1 Å². The van der Waals surface area contributed by atoms with Gasteiger partial charge in [-0.15, -0.1) is 5.10 Å². The molecule has 8 nitrogen and oxygen atoms in total. The number of aryl methyl sites for hydroxylation is 3. The lowest BCUT2D eigenvalue weighted by Gasteiger charge is -2.06. The second-order valence-corrected chi connectivity index (χ2v) is 8.74. The van der Waals surface area contributed by atoms with Gasteiger partial charge in [0.2, 0.25) is 0 Å². The van der Waals surface area contributed by atoms with Crippen LogP contribution < -0.4 is 10.9 Å². The normalized spacial score (nSPS) is 11.2. The van der Waals surface area contributed by atoms with Crippen molar-refractivity contribution in [2.45, 2.75) is 34.2 Å². The van der Waals surface area contributed by atoms with Gasteiger partial charge in [-0.25, -0.2) is 9.20 Å². The van der Waals surface area contributed by atoms with Crippen molar-refractivity contribution in [2.24, 2.45) is 0 Å². The van der Waals surface area contributed by atoms with Crippen LogP contribution in [0, 0.1) is 27.7 Å². The average Bonchev–Trinajstić information content (AvgIpc) is 3.41. The summed E-state index contributed by atoms with van der Waals surface area (Å²) < 4.78 is 3.34. The van der Waals surface area contributed by atoms with Crippen LogP contribution in [0.1, 0.15) is 38.4 Å². The standard InChI is InChI=1S/C27H26N6O2/c1-16-10-11-20(12-17(16)2)25-29-27(35)24-13-21(15-32(24)31-25)26(34)28-14-23-18(3)30-33(19(23)4)22-8-6-5-7-9-22/h5-13,15H,14H2,1-4H3,(H,28,34)(H,29,31,35). The number of aromatic amines is 1. The highest BCUT2D eigenvalue weighted by Crippen LogP contribution is 2.19. The maximum atomic E-state index is 12.9. The van der Waals surface area contributed by atoms with E-state index in [1.807, 2.05) is 80.9 Å². The van der Waals surface area contributed by atoms with Gasteiger partial charge in [-0.05, 0) is 63.1 Å². The zero-order valence-corrected chi connectivity index (χ0v) is 20.1. The number of benzene rings is 2. The Balaban J connectivity index is 1.39. The fourth-order valence-electron chi connectivity index (χ4n) is 4.17. The Morgan fingerprint density at radius 1 is 0.971 bits per heavy atom. The van der Waals surface area contributed by atoms with Crippen molar-refractivity contribution in [1.29, 1.82) is 0 Å². The monoisotopic (exact) mass is 466 g/mol. The first-order valence-corrected chi connectivity index (χ1v) is 11.4. The van der Waals surface area contributed by atoms with E-state index in [9.17, 15) is 9.59 Å². The van der Waals surface area contributed by atoms with Gasteiger partial charge in [-0.1, -0.05) is 30.3 Å². The van der Waals surface area contributed by atoms with E-state index in [0.29, 0.717) is 23.4 Å². The Labute approximate surface area is 202 Å². The number of hydrogen-bond donors (Lipinski definition) is 2. The van der Waals surface area contributed by atoms with Crippen molar-refractivity contribution < 1.29 is 4.79 Å². The van der Waals surface area contributed by atoms with E-state index in [4.69, 9.17) is 0 Å². The molecule has 0 saturated carbocycles. The number of nitrogens with one attached hydrogen (secondary N) is 2. The molecule has 3 heterocycles. The molecule has 8 heteroatoms. The minimum Gasteiger partial charge on any atom is -0.348 e. The van der Waals surface area contributed by atoms with Gasteiger partial charge in [0, 0.05) is 29.6 Å². The van der Waals surface area contributed by atoms with Gasteiger partial charge in [0.05, 0.1) is 16.9 Å². The molecule has 2 N–H and O–H groups in total. The molecule has 5 aromatic rings. The Hall–Kier alpha value is -4.46. The van der Waals surface area contributed by atoms with E-state index in [-0.39, 0.29) is 11.5 Å². The SMILES string of the molecule is Cc1ccc(-c2nn3cc(C(=O)NCc4c(C)nn(-c5ccccc5)c4C)cc3c(=O)[nH]2)cc1C. The largest absolute Gasteiger partial charge is 0.348 e. The molecule has 2 aromatic carbocycles. The first-order chi connectivity index (χ1) is 16.8. The fraction of sp³-hybridized carbons (Fsp3) is 0.185. The van der Waals surface area contributed by atoms with Gasteiger partial charge < -0.3 is 10.3 Å². The van der Waals surface area contributed by atoms with Crippen LogP contribution in [-0.4, -0.2) is 30.3 Å². The first-order valence-electron chi connectivity index (χ1n) is 11.4. The summed E-state index contributed by atoms with van der Waals surface area (Å²) in [6.45, 7) is 8.29. The molecule has 0 bridgehead atoms. The van der Waals surface area contributed by atoms with E-state index in [1.54, 1.807) is 12.3 Å². The van der Waals surface area contributed by atoms with Crippen molar-refractivity contribution >= 4 is 11.4 Å². The Kier molecular flexibility index (Phi) is 5.56. The van der Waals surface area contributed by atoms with Gasteiger partial charge in [0.15, 0.2) is 5.82 Å². The Morgan fingerprint density at radius 2 is 1.74 bits per heavy atom. The number of rotatable bonds is 5. The third-order valence-electron chi connectivity index (χ3n) is 6.38. The summed E-state index contributed by atoms with van der Waals surface area (Å²) in [5, 5.41) is 12.1. The second kappa shape index (κ2) is 8.72. The summed E-state index contributed by atoms with van der Waals surface area (Å²) in [6, 6.07) is 17.3. The molecule has 1 amide bonds. The number of H-pyrrole nitrogens is 1. The number of hydrogen-bond acceptors (Lipinski definition) is 4. The van der Waals surface area contributed by atoms with E-state index in [0.717, 1.165) is 39.3 Å². The number of nitrogens with zero attached hydrogens (tertiary/aromatic N) is 4. The van der Waals surface area contributed by atoms with E-state index >= 15 is 0 Å². The van der Waals surface area contributed by atoms with Crippen LogP contribution in [0.4, 0.5) is 0 Å². The molecule has 0 spiro atoms. The molecule has 0 fully saturated rings. The van der Waals surface area contributed by atoms with Crippen LogP contribution >= 0.6 is 0 Å². The lowest BCUT2D eigenvalue weighted by atomic mass is 10.1. The molecule has 35 heavy (non-hydrogen) atoms. The van der Waals surface area contributed by atoms with Crippen molar-refractivity contribution in [3.63, 3.8) is 0 Å². The molecule has 0 atom stereocenters. The van der Waals surface area contributed by atoms with Crippen molar-refractivity contribution in [1.82, 2.24) is 29.7 Å². The van der Waals surface area contributed by atoms with Gasteiger partial charge >= 0.3 is 0 Å². The number of carbonyl (C=O) groups is 1. The highest BCUT2D eigenvalue weighted by molar-refractivity contribution is 5.95. The minimum absolute atomic E-state index is 0.283. The zero-order valence-electron chi connectivity index (χ0n) is 20.1. The smallest absolute Gasteiger partial charge is 0.275 e. The number of carbonyl (C=O) groups excluding carboxylic acids is 1. The molecule has 176 valence electrons. The molecule has 0 aliphatic carbocycles. The molecule has 0 aliphatic heterocycles. The quantitative estimate of drug-likeness (QED) is 0.409. The molecule has 0 radical (unpaired) electrons. The highest BCUT2D eigenvalue weighted by atomic mass is 16.1. The first kappa shape index (κ1) is 22.3. The fourth-order valence-corrected chi connectivity index (χ4v) is 4.17. The number of aromatic nitrogens is 5. The van der Waals surface area contributed by atoms with E-state index < -0.39 is 0 Å². The molecule has 5 rings (SSSR count). The molecular formula is C27H26N6O2. The highest BCUT2D eigenvalue weighted by Gasteiger charge is 2.16. The van der Waals surface area contributed by atoms with Gasteiger partial charge in [-0.2, -0.15) is 5.10 Å². The lowest BCUT2D eigenvalue weighted by Crippen LogP contribution is -2.23. The number of para-hydroxylation sites is 1. The zero-order chi connectivity index (χ0) is 24.7. The Morgan fingerprint density at radius 3 is 2.49 bits per heavy atom. The van der Waals surface area contributed by atoms with Crippen LogP contribution in [0.25, 0.3) is 22.6 Å². The molecule has 0 aliphatic rings. The summed E-state index contributed by atoms with van der Waals surface area (Å²) in [6.07, 6.45) is 1.58. The third kappa shape index (κ3) is 4.14. The average molecular weight is 467 g/mol. The van der Waals surface area contributed by atoms with Crippen LogP contribution in [0.3, 0.4) is 0 Å². The maximum Gasteiger partial charge on any atom is 0.275 e. The van der Waals surface area contributed by atoms with Crippen LogP contribution in [-0.2, 0) is 6.54 Å². The predicted octanol–water partition coefficient (Wildman–Crippen LogP) is 4.04. The predicted molar refractivity (Wildman–Crippen MR) is 135 cm³/mol. The van der Waals surface area contributed by atoms with Crippen molar-refractivity contribution in [3.05, 3.63) is 105 Å². The van der Waals surface area contributed by atoms with E-state index in [1.165, 1.54) is 4.52 Å². The topological polar surface area (TPSA) is 97.1 Å². The molecule has 0 unspecified atom stereocenters. The molecule has 3 aromatic heterocycles. The Bertz CT molecular complexity index is 1630.